The molecule has 0 aliphatic rings. The molecule has 46 heavy (non-hydrogen) atoms. The number of aliphatic hydroxyl groups excluding tert-OH is 2. The molecule has 0 aliphatic heterocycles. The SMILES string of the molecule is CC/C=C\C/C=C\C/C=C\C/C=C\CCC(=O)NC(CO)C(O)/C=C/CC/C=C/CC/C=C/CCCCCCCCCCCCC. The van der Waals surface area contributed by atoms with E-state index in [0.717, 1.165) is 51.4 Å². The van der Waals surface area contributed by atoms with Gasteiger partial charge in [0, 0.05) is 6.42 Å². The van der Waals surface area contributed by atoms with Crippen LogP contribution < -0.4 is 5.32 Å². The smallest absolute Gasteiger partial charge is 0.220 e. The summed E-state index contributed by atoms with van der Waals surface area (Å²) in [7, 11) is 0. The third-order valence-electron chi connectivity index (χ3n) is 7.85. The largest absolute Gasteiger partial charge is 0.394 e. The third-order valence-corrected chi connectivity index (χ3v) is 7.85. The van der Waals surface area contributed by atoms with Crippen LogP contribution in [0, 0.1) is 0 Å². The van der Waals surface area contributed by atoms with E-state index in [9.17, 15) is 15.0 Å². The Balaban J connectivity index is 3.80. The Kier molecular flexibility index (Phi) is 35.1. The van der Waals surface area contributed by atoms with Crippen molar-refractivity contribution in [2.45, 2.75) is 167 Å². The van der Waals surface area contributed by atoms with Crippen molar-refractivity contribution in [1.29, 1.82) is 0 Å². The van der Waals surface area contributed by atoms with Crippen molar-refractivity contribution >= 4 is 5.91 Å². The maximum absolute atomic E-state index is 12.3. The summed E-state index contributed by atoms with van der Waals surface area (Å²) in [6.45, 7) is 4.12. The first-order valence-electron chi connectivity index (χ1n) is 18.8. The minimum absolute atomic E-state index is 0.162. The number of hydrogen-bond donors (Lipinski definition) is 3. The van der Waals surface area contributed by atoms with Crippen LogP contribution in [0.3, 0.4) is 0 Å². The summed E-state index contributed by atoms with van der Waals surface area (Å²) < 4.78 is 0. The highest BCUT2D eigenvalue weighted by Gasteiger charge is 2.17. The maximum Gasteiger partial charge on any atom is 0.220 e. The Morgan fingerprint density at radius 1 is 0.543 bits per heavy atom. The number of carbonyl (C=O) groups is 1. The zero-order valence-electron chi connectivity index (χ0n) is 29.8. The van der Waals surface area contributed by atoms with Gasteiger partial charge in [-0.25, -0.2) is 0 Å². The molecule has 4 nitrogen and oxygen atoms in total. The molecule has 2 unspecified atom stereocenters. The molecule has 0 bridgehead atoms. The fourth-order valence-electron chi connectivity index (χ4n) is 4.98. The molecule has 0 heterocycles. The molecule has 0 aromatic heterocycles. The van der Waals surface area contributed by atoms with Gasteiger partial charge in [-0.1, -0.05) is 163 Å². The van der Waals surface area contributed by atoms with Crippen LogP contribution in [0.15, 0.2) is 85.1 Å². The van der Waals surface area contributed by atoms with E-state index in [0.29, 0.717) is 12.8 Å². The second-order valence-electron chi connectivity index (χ2n) is 12.2. The second-order valence-corrected chi connectivity index (χ2v) is 12.2. The summed E-state index contributed by atoms with van der Waals surface area (Å²) in [5.74, 6) is -0.162. The Morgan fingerprint density at radius 2 is 0.978 bits per heavy atom. The number of unbranched alkanes of at least 4 members (excludes halogenated alkanes) is 13. The number of aliphatic hydroxyl groups is 2. The predicted octanol–water partition coefficient (Wildman–Crippen LogP) is 11.3. The molecule has 0 aliphatic carbocycles. The number of carbonyl (C=O) groups excluding carboxylic acids is 1. The van der Waals surface area contributed by atoms with Crippen LogP contribution in [0.5, 0.6) is 0 Å². The average Bonchev–Trinajstić information content (AvgIpc) is 3.06. The first-order valence-corrected chi connectivity index (χ1v) is 18.8. The fourth-order valence-corrected chi connectivity index (χ4v) is 4.98. The van der Waals surface area contributed by atoms with Crippen molar-refractivity contribution in [3.05, 3.63) is 85.1 Å². The molecule has 0 aromatic rings. The third kappa shape index (κ3) is 32.9. The number of rotatable bonds is 32. The number of hydrogen-bond acceptors (Lipinski definition) is 3. The topological polar surface area (TPSA) is 69.6 Å². The first kappa shape index (κ1) is 43.6. The summed E-state index contributed by atoms with van der Waals surface area (Å²) >= 11 is 0. The van der Waals surface area contributed by atoms with Crippen LogP contribution in [0.25, 0.3) is 0 Å². The molecule has 0 spiro atoms. The lowest BCUT2D eigenvalue weighted by Crippen LogP contribution is -2.45. The van der Waals surface area contributed by atoms with Gasteiger partial charge in [0.15, 0.2) is 0 Å². The van der Waals surface area contributed by atoms with E-state index in [4.69, 9.17) is 0 Å². The molecule has 1 amide bonds. The molecule has 4 heteroatoms. The van der Waals surface area contributed by atoms with E-state index in [1.807, 2.05) is 12.2 Å². The van der Waals surface area contributed by atoms with Crippen molar-refractivity contribution in [1.82, 2.24) is 5.32 Å². The molecule has 0 radical (unpaired) electrons. The van der Waals surface area contributed by atoms with Crippen LogP contribution in [0.2, 0.25) is 0 Å². The lowest BCUT2D eigenvalue weighted by atomic mass is 10.1. The molecule has 0 saturated heterocycles. The maximum atomic E-state index is 12.3. The molecule has 0 saturated carbocycles. The number of amides is 1. The summed E-state index contributed by atoms with van der Waals surface area (Å²) in [6.07, 6.45) is 54.0. The number of allylic oxidation sites excluding steroid dienone is 13. The molecule has 0 fully saturated rings. The zero-order chi connectivity index (χ0) is 33.6. The van der Waals surface area contributed by atoms with Crippen LogP contribution in [-0.2, 0) is 4.79 Å². The van der Waals surface area contributed by atoms with Crippen molar-refractivity contribution in [2.75, 3.05) is 6.61 Å². The normalized spacial score (nSPS) is 14.1. The Bertz CT molecular complexity index is 864. The molecule has 262 valence electrons. The van der Waals surface area contributed by atoms with E-state index in [-0.39, 0.29) is 12.5 Å². The zero-order valence-corrected chi connectivity index (χ0v) is 29.8. The van der Waals surface area contributed by atoms with Gasteiger partial charge in [0.25, 0.3) is 0 Å². The Morgan fingerprint density at radius 3 is 1.50 bits per heavy atom. The molecule has 0 rings (SSSR count). The second kappa shape index (κ2) is 37.0. The highest BCUT2D eigenvalue weighted by Crippen LogP contribution is 2.12. The first-order chi connectivity index (χ1) is 22.7. The van der Waals surface area contributed by atoms with E-state index in [1.54, 1.807) is 6.08 Å². The molecule has 2 atom stereocenters. The van der Waals surface area contributed by atoms with E-state index < -0.39 is 12.1 Å². The van der Waals surface area contributed by atoms with Gasteiger partial charge in [0.2, 0.25) is 5.91 Å². The van der Waals surface area contributed by atoms with Gasteiger partial charge in [0.05, 0.1) is 18.8 Å². The molecular formula is C42H71NO3. The minimum atomic E-state index is -0.902. The summed E-state index contributed by atoms with van der Waals surface area (Å²) in [6, 6.07) is -0.686. The van der Waals surface area contributed by atoms with Gasteiger partial charge >= 0.3 is 0 Å². The number of nitrogens with one attached hydrogen (secondary N) is 1. The van der Waals surface area contributed by atoms with Gasteiger partial charge in [-0.2, -0.15) is 0 Å². The summed E-state index contributed by atoms with van der Waals surface area (Å²) in [5, 5.41) is 22.8. The molecule has 0 aromatic carbocycles. The lowest BCUT2D eigenvalue weighted by molar-refractivity contribution is -0.122. The summed E-state index contributed by atoms with van der Waals surface area (Å²) in [4.78, 5) is 12.3. The fraction of sp³-hybridized carbons (Fsp3) is 0.643. The van der Waals surface area contributed by atoms with Gasteiger partial charge in [0.1, 0.15) is 0 Å². The van der Waals surface area contributed by atoms with Crippen molar-refractivity contribution in [3.8, 4) is 0 Å². The predicted molar refractivity (Wildman–Crippen MR) is 202 cm³/mol. The monoisotopic (exact) mass is 638 g/mol. The van der Waals surface area contributed by atoms with Crippen LogP contribution in [0.4, 0.5) is 0 Å². The Labute approximate surface area is 284 Å². The van der Waals surface area contributed by atoms with Crippen molar-refractivity contribution in [2.24, 2.45) is 0 Å². The van der Waals surface area contributed by atoms with Gasteiger partial charge in [-0.05, 0) is 70.6 Å². The summed E-state index contributed by atoms with van der Waals surface area (Å²) in [5.41, 5.74) is 0. The van der Waals surface area contributed by atoms with Crippen molar-refractivity contribution in [3.63, 3.8) is 0 Å². The van der Waals surface area contributed by atoms with Crippen molar-refractivity contribution < 1.29 is 15.0 Å². The van der Waals surface area contributed by atoms with Crippen LogP contribution in [-0.4, -0.2) is 34.9 Å². The van der Waals surface area contributed by atoms with Gasteiger partial charge in [-0.15, -0.1) is 0 Å². The molecule has 3 N–H and O–H groups in total. The van der Waals surface area contributed by atoms with E-state index >= 15 is 0 Å². The highest BCUT2D eigenvalue weighted by atomic mass is 16.3. The van der Waals surface area contributed by atoms with Gasteiger partial charge < -0.3 is 15.5 Å². The van der Waals surface area contributed by atoms with Crippen LogP contribution in [0.1, 0.15) is 155 Å². The van der Waals surface area contributed by atoms with Gasteiger partial charge in [-0.3, -0.25) is 4.79 Å². The van der Waals surface area contributed by atoms with Crippen LogP contribution >= 0.6 is 0 Å². The minimum Gasteiger partial charge on any atom is -0.394 e. The highest BCUT2D eigenvalue weighted by molar-refractivity contribution is 5.76. The standard InChI is InChI=1S/C42H71NO3/c1-3-5-7-9-11-13-15-17-18-19-20-21-22-23-24-26-27-29-31-33-35-37-41(45)40(39-44)43-42(46)38-36-34-32-30-28-25-16-14-12-10-8-6-4-2/h6,8,12,14,22-23,25,27-29,32,34-35,37,40-41,44-45H,3-5,7,9-11,13,15-21,24,26,30-31,33,36,38-39H2,1-2H3,(H,43,46)/b8-6-,14-12-,23-22+,28-25-,29-27+,34-32-,37-35+. The Hall–Kier alpha value is -2.43. The average molecular weight is 638 g/mol. The van der Waals surface area contributed by atoms with E-state index in [1.165, 1.54) is 77.0 Å². The lowest BCUT2D eigenvalue weighted by Gasteiger charge is -2.19. The van der Waals surface area contributed by atoms with E-state index in [2.05, 4.69) is 86.0 Å². The quantitative estimate of drug-likeness (QED) is 0.0508. The molecular weight excluding hydrogens is 566 g/mol.